The van der Waals surface area contributed by atoms with Gasteiger partial charge in [-0.05, 0) is 37.8 Å². The molecular formula is C23H30N8O3. The fourth-order valence-corrected chi connectivity index (χ4v) is 4.82. The van der Waals surface area contributed by atoms with Crippen LogP contribution in [0.4, 0.5) is 0 Å². The number of carbonyl (C=O) groups is 2. The van der Waals surface area contributed by atoms with Crippen molar-refractivity contribution in [1.29, 1.82) is 0 Å². The van der Waals surface area contributed by atoms with Gasteiger partial charge in [0.2, 0.25) is 11.8 Å². The lowest BCUT2D eigenvalue weighted by Gasteiger charge is -2.41. The minimum atomic E-state index is -0.465. The van der Waals surface area contributed by atoms with Crippen molar-refractivity contribution in [3.05, 3.63) is 36.2 Å². The predicted molar refractivity (Wildman–Crippen MR) is 122 cm³/mol. The van der Waals surface area contributed by atoms with Crippen molar-refractivity contribution in [2.75, 3.05) is 26.2 Å². The molecule has 180 valence electrons. The highest BCUT2D eigenvalue weighted by Crippen LogP contribution is 2.37. The highest BCUT2D eigenvalue weighted by molar-refractivity contribution is 5.83. The Morgan fingerprint density at radius 1 is 1.06 bits per heavy atom. The van der Waals surface area contributed by atoms with E-state index in [1.54, 1.807) is 0 Å². The van der Waals surface area contributed by atoms with E-state index in [0.717, 1.165) is 42.5 Å². The van der Waals surface area contributed by atoms with Gasteiger partial charge in [-0.25, -0.2) is 0 Å². The molecule has 0 atom stereocenters. The zero-order valence-electron chi connectivity index (χ0n) is 19.2. The quantitative estimate of drug-likeness (QED) is 0.601. The molecule has 1 spiro atoms. The van der Waals surface area contributed by atoms with Gasteiger partial charge in [0.25, 0.3) is 0 Å². The van der Waals surface area contributed by atoms with E-state index in [0.29, 0.717) is 45.7 Å². The summed E-state index contributed by atoms with van der Waals surface area (Å²) in [6.45, 7) is 3.23. The number of aryl methyl sites for hydroxylation is 1. The molecule has 4 heterocycles. The molecule has 0 aliphatic carbocycles. The highest BCUT2D eigenvalue weighted by atomic mass is 16.5. The van der Waals surface area contributed by atoms with Crippen LogP contribution in [-0.2, 0) is 34.0 Å². The number of aromatic nitrogens is 6. The number of hydrogen-bond acceptors (Lipinski definition) is 7. The number of piperidine rings is 1. The zero-order valence-corrected chi connectivity index (χ0v) is 19.2. The van der Waals surface area contributed by atoms with E-state index >= 15 is 0 Å². The third kappa shape index (κ3) is 4.93. The van der Waals surface area contributed by atoms with Crippen molar-refractivity contribution in [2.45, 2.75) is 51.8 Å². The van der Waals surface area contributed by atoms with Gasteiger partial charge in [-0.15, -0.1) is 5.10 Å². The molecule has 0 saturated carbocycles. The molecule has 2 amide bonds. The molecule has 1 fully saturated rings. The molecule has 0 unspecified atom stereocenters. The predicted octanol–water partition coefficient (Wildman–Crippen LogP) is 1.15. The summed E-state index contributed by atoms with van der Waals surface area (Å²) in [6, 6.07) is 7.57. The average Bonchev–Trinajstić information content (AvgIpc) is 3.47. The standard InChI is InChI=1S/C23H30N8O3/c32-21(16-31-26-19-5-1-2-6-20(19)27-31)29-12-8-23(9-13-29)7-3-4-11-30-15-18(25-28-30)17-34-14-10-24-22(23)33/h1-2,5-6,15H,3-4,7-14,16-17H2,(H,24,33). The summed E-state index contributed by atoms with van der Waals surface area (Å²) in [7, 11) is 0. The number of likely N-dealkylation sites (tertiary alicyclic amines) is 1. The number of hydrogen-bond donors (Lipinski definition) is 1. The summed E-state index contributed by atoms with van der Waals surface area (Å²) in [4.78, 5) is 29.4. The highest BCUT2D eigenvalue weighted by Gasteiger charge is 2.41. The Kier molecular flexibility index (Phi) is 6.52. The van der Waals surface area contributed by atoms with Crippen LogP contribution in [0, 0.1) is 5.41 Å². The van der Waals surface area contributed by atoms with Crippen molar-refractivity contribution < 1.29 is 14.3 Å². The second-order valence-corrected chi connectivity index (χ2v) is 9.12. The molecule has 3 aromatic rings. The number of benzene rings is 1. The lowest BCUT2D eigenvalue weighted by atomic mass is 9.73. The van der Waals surface area contributed by atoms with Crippen molar-refractivity contribution in [3.8, 4) is 0 Å². The number of amides is 2. The summed E-state index contributed by atoms with van der Waals surface area (Å²) in [6.07, 6.45) is 5.83. The van der Waals surface area contributed by atoms with Crippen molar-refractivity contribution in [2.24, 2.45) is 5.41 Å². The Morgan fingerprint density at radius 2 is 1.82 bits per heavy atom. The topological polar surface area (TPSA) is 120 Å². The van der Waals surface area contributed by atoms with Crippen LogP contribution in [0.2, 0.25) is 0 Å². The Labute approximate surface area is 197 Å². The Hall–Kier alpha value is -3.34. The summed E-state index contributed by atoms with van der Waals surface area (Å²) in [5.74, 6) is 0.0453. The first-order valence-corrected chi connectivity index (χ1v) is 11.9. The van der Waals surface area contributed by atoms with Gasteiger partial charge >= 0.3 is 0 Å². The molecule has 11 nitrogen and oxygen atoms in total. The second-order valence-electron chi connectivity index (χ2n) is 9.12. The van der Waals surface area contributed by atoms with Crippen LogP contribution in [0.5, 0.6) is 0 Å². The lowest BCUT2D eigenvalue weighted by molar-refractivity contribution is -0.141. The van der Waals surface area contributed by atoms with E-state index in [9.17, 15) is 9.59 Å². The number of rotatable bonds is 2. The molecule has 1 N–H and O–H groups in total. The molecule has 34 heavy (non-hydrogen) atoms. The zero-order chi connectivity index (χ0) is 23.4. The SMILES string of the molecule is O=C(Cn1nc2ccccc2n1)N1CCC2(CCCCn3cc(nn3)COCCNC2=O)CC1. The minimum Gasteiger partial charge on any atom is -0.373 e. The van der Waals surface area contributed by atoms with Gasteiger partial charge in [0.05, 0.1) is 24.8 Å². The molecule has 11 heteroatoms. The summed E-state index contributed by atoms with van der Waals surface area (Å²) in [5, 5.41) is 20.1. The third-order valence-corrected chi connectivity index (χ3v) is 6.82. The van der Waals surface area contributed by atoms with Gasteiger partial charge in [-0.3, -0.25) is 14.3 Å². The number of fused-ring (bicyclic) bond motifs is 3. The molecule has 2 aliphatic rings. The van der Waals surface area contributed by atoms with Crippen LogP contribution < -0.4 is 5.32 Å². The summed E-state index contributed by atoms with van der Waals surface area (Å²) < 4.78 is 7.47. The Morgan fingerprint density at radius 3 is 2.59 bits per heavy atom. The smallest absolute Gasteiger partial charge is 0.246 e. The molecule has 0 radical (unpaired) electrons. The third-order valence-electron chi connectivity index (χ3n) is 6.82. The van der Waals surface area contributed by atoms with E-state index in [-0.39, 0.29) is 18.4 Å². The van der Waals surface area contributed by atoms with Gasteiger partial charge < -0.3 is 15.0 Å². The van der Waals surface area contributed by atoms with E-state index in [1.165, 1.54) is 4.80 Å². The lowest BCUT2D eigenvalue weighted by Crippen LogP contribution is -2.51. The van der Waals surface area contributed by atoms with Crippen LogP contribution in [0.15, 0.2) is 30.5 Å². The largest absolute Gasteiger partial charge is 0.373 e. The maximum Gasteiger partial charge on any atom is 0.246 e. The monoisotopic (exact) mass is 466 g/mol. The van der Waals surface area contributed by atoms with E-state index in [4.69, 9.17) is 4.74 Å². The van der Waals surface area contributed by atoms with Crippen LogP contribution in [0.25, 0.3) is 11.0 Å². The number of carbonyl (C=O) groups excluding carboxylic acids is 2. The van der Waals surface area contributed by atoms with Gasteiger partial charge in [0.1, 0.15) is 23.3 Å². The Bertz CT molecular complexity index is 1120. The number of nitrogens with zero attached hydrogens (tertiary/aromatic N) is 7. The number of ether oxygens (including phenoxy) is 1. The van der Waals surface area contributed by atoms with Gasteiger partial charge in [-0.1, -0.05) is 23.8 Å². The molecule has 1 saturated heterocycles. The maximum absolute atomic E-state index is 13.2. The molecule has 5 rings (SSSR count). The first kappa shape index (κ1) is 22.5. The van der Waals surface area contributed by atoms with Crippen molar-refractivity contribution in [3.63, 3.8) is 0 Å². The van der Waals surface area contributed by atoms with E-state index < -0.39 is 5.41 Å². The van der Waals surface area contributed by atoms with Crippen LogP contribution >= 0.6 is 0 Å². The van der Waals surface area contributed by atoms with Crippen molar-refractivity contribution >= 4 is 22.8 Å². The maximum atomic E-state index is 13.2. The van der Waals surface area contributed by atoms with Crippen LogP contribution in [0.3, 0.4) is 0 Å². The molecule has 2 aliphatic heterocycles. The fourth-order valence-electron chi connectivity index (χ4n) is 4.82. The van der Waals surface area contributed by atoms with Crippen molar-refractivity contribution in [1.82, 2.24) is 40.2 Å². The van der Waals surface area contributed by atoms with Gasteiger partial charge in [0, 0.05) is 26.2 Å². The summed E-state index contributed by atoms with van der Waals surface area (Å²) in [5.41, 5.74) is 1.88. The minimum absolute atomic E-state index is 0.0214. The first-order chi connectivity index (χ1) is 16.6. The molecule has 2 bridgehead atoms. The summed E-state index contributed by atoms with van der Waals surface area (Å²) >= 11 is 0. The fraction of sp³-hybridized carbons (Fsp3) is 0.565. The van der Waals surface area contributed by atoms with E-state index in [2.05, 4.69) is 25.8 Å². The molecule has 1 aromatic carbocycles. The average molecular weight is 467 g/mol. The van der Waals surface area contributed by atoms with Gasteiger partial charge in [-0.2, -0.15) is 15.0 Å². The molecule has 2 aromatic heterocycles. The van der Waals surface area contributed by atoms with E-state index in [1.807, 2.05) is 40.0 Å². The number of nitrogens with one attached hydrogen (secondary N) is 1. The Balaban J connectivity index is 1.20. The first-order valence-electron chi connectivity index (χ1n) is 11.9. The van der Waals surface area contributed by atoms with Crippen LogP contribution in [-0.4, -0.2) is 72.9 Å². The van der Waals surface area contributed by atoms with Crippen LogP contribution in [0.1, 0.15) is 37.8 Å². The molecular weight excluding hydrogens is 436 g/mol. The van der Waals surface area contributed by atoms with Gasteiger partial charge in [0.15, 0.2) is 0 Å². The normalized spacial score (nSPS) is 19.6. The second kappa shape index (κ2) is 9.88.